The highest BCUT2D eigenvalue weighted by molar-refractivity contribution is 5.97. The monoisotopic (exact) mass is 353 g/mol. The third-order valence-electron chi connectivity index (χ3n) is 3.72. The highest BCUT2D eigenvalue weighted by atomic mass is 19.1. The van der Waals surface area contributed by atoms with E-state index < -0.39 is 5.91 Å². The topological polar surface area (TPSA) is 85.2 Å². The molecule has 26 heavy (non-hydrogen) atoms. The Morgan fingerprint density at radius 1 is 1.04 bits per heavy atom. The fourth-order valence-corrected chi connectivity index (χ4v) is 2.27. The van der Waals surface area contributed by atoms with Gasteiger partial charge in [0, 0.05) is 19.3 Å². The molecule has 0 aliphatic carbocycles. The van der Waals surface area contributed by atoms with Crippen LogP contribution in [-0.2, 0) is 17.6 Å². The van der Waals surface area contributed by atoms with Crippen molar-refractivity contribution >= 4 is 5.91 Å². The van der Waals surface area contributed by atoms with E-state index in [0.29, 0.717) is 25.9 Å². The number of phenols is 1. The molecule has 0 spiro atoms. The maximum atomic E-state index is 12.8. The lowest BCUT2D eigenvalue weighted by atomic mass is 10.1. The molecule has 2 aromatic carbocycles. The minimum atomic E-state index is -0.444. The zero-order valence-electron chi connectivity index (χ0n) is 14.2. The number of aromatic hydroxyl groups is 1. The maximum Gasteiger partial charge on any atom is 0.263 e. The maximum absolute atomic E-state index is 12.8. The van der Waals surface area contributed by atoms with Gasteiger partial charge in [0.1, 0.15) is 23.2 Å². The molecule has 2 aromatic rings. The van der Waals surface area contributed by atoms with Crippen molar-refractivity contribution in [2.45, 2.75) is 12.8 Å². The average molecular weight is 353 g/mol. The Morgan fingerprint density at radius 3 is 2.23 bits per heavy atom. The van der Waals surface area contributed by atoms with Gasteiger partial charge in [0.2, 0.25) is 0 Å². The molecular weight excluding hydrogens is 333 g/mol. The average Bonchev–Trinajstić information content (AvgIpc) is 2.65. The fraction of sp³-hybridized carbons (Fsp3) is 0.200. The smallest absolute Gasteiger partial charge is 0.263 e. The Bertz CT molecular complexity index is 793. The quantitative estimate of drug-likeness (QED) is 0.387. The molecule has 6 heteroatoms. The molecule has 0 heterocycles. The van der Waals surface area contributed by atoms with E-state index in [1.807, 2.05) is 6.07 Å². The zero-order chi connectivity index (χ0) is 18.8. The number of hydrogen-bond donors (Lipinski definition) is 3. The van der Waals surface area contributed by atoms with Gasteiger partial charge in [-0.2, -0.15) is 5.26 Å². The SMILES string of the molecule is N#C/C(=C/NCCc1ccc(F)cc1)C(=O)NCCc1ccc(O)cc1. The number of hydrogen-bond acceptors (Lipinski definition) is 4. The second-order valence-corrected chi connectivity index (χ2v) is 5.67. The van der Waals surface area contributed by atoms with Gasteiger partial charge in [-0.05, 0) is 48.2 Å². The van der Waals surface area contributed by atoms with Crippen LogP contribution in [0.4, 0.5) is 4.39 Å². The fourth-order valence-electron chi connectivity index (χ4n) is 2.27. The molecule has 5 nitrogen and oxygen atoms in total. The molecule has 0 aromatic heterocycles. The Hall–Kier alpha value is -3.33. The highest BCUT2D eigenvalue weighted by Crippen LogP contribution is 2.09. The summed E-state index contributed by atoms with van der Waals surface area (Å²) in [5, 5.41) is 23.9. The van der Waals surface area contributed by atoms with Gasteiger partial charge in [0.15, 0.2) is 0 Å². The molecule has 0 unspecified atom stereocenters. The second-order valence-electron chi connectivity index (χ2n) is 5.67. The lowest BCUT2D eigenvalue weighted by molar-refractivity contribution is -0.117. The van der Waals surface area contributed by atoms with E-state index >= 15 is 0 Å². The van der Waals surface area contributed by atoms with Crippen LogP contribution in [0.25, 0.3) is 0 Å². The molecule has 0 saturated carbocycles. The van der Waals surface area contributed by atoms with Crippen molar-refractivity contribution in [2.24, 2.45) is 0 Å². The Kier molecular flexibility index (Phi) is 7.19. The van der Waals surface area contributed by atoms with Crippen molar-refractivity contribution in [3.8, 4) is 11.8 Å². The van der Waals surface area contributed by atoms with Gasteiger partial charge in [-0.1, -0.05) is 24.3 Å². The summed E-state index contributed by atoms with van der Waals surface area (Å²) in [5.41, 5.74) is 1.93. The summed E-state index contributed by atoms with van der Waals surface area (Å²) in [4.78, 5) is 12.0. The molecule has 0 saturated heterocycles. The van der Waals surface area contributed by atoms with Crippen LogP contribution < -0.4 is 10.6 Å². The van der Waals surface area contributed by atoms with Gasteiger partial charge in [-0.25, -0.2) is 4.39 Å². The summed E-state index contributed by atoms with van der Waals surface area (Å²) in [6, 6.07) is 14.8. The summed E-state index contributed by atoms with van der Waals surface area (Å²) in [6.07, 6.45) is 2.64. The van der Waals surface area contributed by atoms with E-state index in [1.165, 1.54) is 18.3 Å². The number of nitrogens with one attached hydrogen (secondary N) is 2. The van der Waals surface area contributed by atoms with Gasteiger partial charge in [-0.3, -0.25) is 4.79 Å². The Labute approximate surface area is 151 Å². The first kappa shape index (κ1) is 19.0. The number of rotatable bonds is 8. The lowest BCUT2D eigenvalue weighted by Crippen LogP contribution is -2.27. The van der Waals surface area contributed by atoms with E-state index in [2.05, 4.69) is 10.6 Å². The molecule has 0 bridgehead atoms. The van der Waals surface area contributed by atoms with Crippen LogP contribution in [0.15, 0.2) is 60.3 Å². The van der Waals surface area contributed by atoms with Gasteiger partial charge < -0.3 is 15.7 Å². The third kappa shape index (κ3) is 6.29. The Balaban J connectivity index is 1.74. The van der Waals surface area contributed by atoms with Gasteiger partial charge >= 0.3 is 0 Å². The number of nitrogens with zero attached hydrogens (tertiary/aromatic N) is 1. The van der Waals surface area contributed by atoms with E-state index in [1.54, 1.807) is 36.4 Å². The molecule has 0 aliphatic heterocycles. The molecule has 0 fully saturated rings. The number of carbonyl (C=O) groups excluding carboxylic acids is 1. The molecule has 3 N–H and O–H groups in total. The molecule has 134 valence electrons. The Morgan fingerprint density at radius 2 is 1.62 bits per heavy atom. The largest absolute Gasteiger partial charge is 0.508 e. The van der Waals surface area contributed by atoms with Crippen molar-refractivity contribution in [3.63, 3.8) is 0 Å². The van der Waals surface area contributed by atoms with Crippen molar-refractivity contribution in [3.05, 3.63) is 77.2 Å². The van der Waals surface area contributed by atoms with Crippen molar-refractivity contribution in [1.29, 1.82) is 5.26 Å². The molecule has 0 atom stereocenters. The van der Waals surface area contributed by atoms with Crippen LogP contribution in [0.5, 0.6) is 5.75 Å². The van der Waals surface area contributed by atoms with Gasteiger partial charge in [-0.15, -0.1) is 0 Å². The minimum Gasteiger partial charge on any atom is -0.508 e. The van der Waals surface area contributed by atoms with Crippen LogP contribution in [0.1, 0.15) is 11.1 Å². The minimum absolute atomic E-state index is 0.00480. The number of halogens is 1. The predicted molar refractivity (Wildman–Crippen MR) is 96.6 cm³/mol. The van der Waals surface area contributed by atoms with E-state index in [-0.39, 0.29) is 17.1 Å². The number of nitriles is 1. The van der Waals surface area contributed by atoms with E-state index in [4.69, 9.17) is 5.26 Å². The van der Waals surface area contributed by atoms with Crippen molar-refractivity contribution in [1.82, 2.24) is 10.6 Å². The van der Waals surface area contributed by atoms with Gasteiger partial charge in [0.05, 0.1) is 0 Å². The number of amides is 1. The molecular formula is C20H20FN3O2. The molecule has 0 aliphatic rings. The van der Waals surface area contributed by atoms with Crippen LogP contribution in [-0.4, -0.2) is 24.1 Å². The van der Waals surface area contributed by atoms with Crippen LogP contribution in [0.2, 0.25) is 0 Å². The third-order valence-corrected chi connectivity index (χ3v) is 3.72. The molecule has 1 amide bonds. The van der Waals surface area contributed by atoms with Crippen LogP contribution in [0.3, 0.4) is 0 Å². The first-order chi connectivity index (χ1) is 12.6. The van der Waals surface area contributed by atoms with E-state index in [9.17, 15) is 14.3 Å². The van der Waals surface area contributed by atoms with Crippen LogP contribution in [0, 0.1) is 17.1 Å². The first-order valence-electron chi connectivity index (χ1n) is 8.22. The summed E-state index contributed by atoms with van der Waals surface area (Å²) < 4.78 is 12.8. The molecule has 2 rings (SSSR count). The number of phenolic OH excluding ortho intramolecular Hbond substituents is 1. The van der Waals surface area contributed by atoms with E-state index in [0.717, 1.165) is 11.1 Å². The van der Waals surface area contributed by atoms with Crippen molar-refractivity contribution < 1.29 is 14.3 Å². The van der Waals surface area contributed by atoms with Crippen molar-refractivity contribution in [2.75, 3.05) is 13.1 Å². The standard InChI is InChI=1S/C20H20FN3O2/c21-18-5-1-15(2-6-18)9-11-23-14-17(13-22)20(26)24-12-10-16-3-7-19(25)8-4-16/h1-8,14,23,25H,9-12H2,(H,24,26)/b17-14-. The summed E-state index contributed by atoms with van der Waals surface area (Å²) >= 11 is 0. The first-order valence-corrected chi connectivity index (χ1v) is 8.22. The van der Waals surface area contributed by atoms with Crippen LogP contribution >= 0.6 is 0 Å². The predicted octanol–water partition coefficient (Wildman–Crippen LogP) is 2.43. The zero-order valence-corrected chi connectivity index (χ0v) is 14.2. The highest BCUT2D eigenvalue weighted by Gasteiger charge is 2.07. The lowest BCUT2D eigenvalue weighted by Gasteiger charge is -2.06. The summed E-state index contributed by atoms with van der Waals surface area (Å²) in [6.45, 7) is 0.913. The summed E-state index contributed by atoms with van der Waals surface area (Å²) in [7, 11) is 0. The summed E-state index contributed by atoms with van der Waals surface area (Å²) in [5.74, 6) is -0.530. The normalized spacial score (nSPS) is 10.8. The second kappa shape index (κ2) is 9.84. The van der Waals surface area contributed by atoms with Gasteiger partial charge in [0.25, 0.3) is 5.91 Å². The number of carbonyl (C=O) groups is 1. The molecule has 0 radical (unpaired) electrons. The number of benzene rings is 2.